The van der Waals surface area contributed by atoms with Crippen LogP contribution in [0.25, 0.3) is 0 Å². The van der Waals surface area contributed by atoms with E-state index in [-0.39, 0.29) is 6.61 Å². The van der Waals surface area contributed by atoms with Gasteiger partial charge in [-0.1, -0.05) is 11.6 Å². The molecule has 0 atom stereocenters. The monoisotopic (exact) mass is 403 g/mol. The summed E-state index contributed by atoms with van der Waals surface area (Å²) in [6, 6.07) is 12.3. The zero-order valence-electron chi connectivity index (χ0n) is 15.0. The van der Waals surface area contributed by atoms with Crippen LogP contribution in [0.1, 0.15) is 17.3 Å². The van der Waals surface area contributed by atoms with Gasteiger partial charge < -0.3 is 20.7 Å². The highest BCUT2D eigenvalue weighted by Crippen LogP contribution is 2.13. The zero-order valence-corrected chi connectivity index (χ0v) is 15.7. The summed E-state index contributed by atoms with van der Waals surface area (Å²) < 4.78 is 4.87. The molecular weight excluding hydrogens is 386 g/mol. The van der Waals surface area contributed by atoms with Gasteiger partial charge in [0, 0.05) is 16.4 Å². The highest BCUT2D eigenvalue weighted by molar-refractivity contribution is 6.40. The fourth-order valence-electron chi connectivity index (χ4n) is 2.07. The maximum atomic E-state index is 11.9. The zero-order chi connectivity index (χ0) is 20.5. The van der Waals surface area contributed by atoms with Gasteiger partial charge in [0.25, 0.3) is 0 Å². The van der Waals surface area contributed by atoms with Gasteiger partial charge in [0.2, 0.25) is 5.91 Å². The predicted molar refractivity (Wildman–Crippen MR) is 104 cm³/mol. The predicted octanol–water partition coefficient (Wildman–Crippen LogP) is 2.21. The number of benzene rings is 2. The highest BCUT2D eigenvalue weighted by Gasteiger charge is 2.15. The molecule has 0 unspecified atom stereocenters. The summed E-state index contributed by atoms with van der Waals surface area (Å²) in [5.41, 5.74) is 1.18. The normalized spacial score (nSPS) is 9.93. The Bertz CT molecular complexity index is 866. The Labute approximate surface area is 166 Å². The van der Waals surface area contributed by atoms with Crippen LogP contribution >= 0.6 is 11.6 Å². The molecule has 9 heteroatoms. The third-order valence-corrected chi connectivity index (χ3v) is 3.65. The van der Waals surface area contributed by atoms with Gasteiger partial charge in [0.15, 0.2) is 0 Å². The summed E-state index contributed by atoms with van der Waals surface area (Å²) >= 11 is 5.74. The second kappa shape index (κ2) is 10.1. The average Bonchev–Trinajstić information content (AvgIpc) is 2.68. The van der Waals surface area contributed by atoms with E-state index in [9.17, 15) is 19.2 Å². The molecule has 2 aromatic rings. The molecular formula is C19H18ClN3O5. The molecule has 0 saturated heterocycles. The molecule has 146 valence electrons. The third kappa shape index (κ3) is 6.40. The summed E-state index contributed by atoms with van der Waals surface area (Å²) in [4.78, 5) is 47.0. The first-order chi connectivity index (χ1) is 13.4. The van der Waals surface area contributed by atoms with Crippen molar-refractivity contribution in [1.29, 1.82) is 0 Å². The van der Waals surface area contributed by atoms with Crippen molar-refractivity contribution in [3.8, 4) is 0 Å². The standard InChI is InChI=1S/C19H18ClN3O5/c1-2-28-19(27)12-3-7-14(8-4-12)22-16(24)11-21-17(25)18(26)23-15-9-5-13(20)6-10-15/h3-10H,2,11H2,1H3,(H,21,25)(H,22,24)(H,23,26). The SMILES string of the molecule is CCOC(=O)c1ccc(NC(=O)CNC(=O)C(=O)Nc2ccc(Cl)cc2)cc1. The third-order valence-electron chi connectivity index (χ3n) is 3.40. The Morgan fingerprint density at radius 1 is 0.857 bits per heavy atom. The van der Waals surface area contributed by atoms with E-state index in [2.05, 4.69) is 16.0 Å². The van der Waals surface area contributed by atoms with Crippen LogP contribution in [-0.4, -0.2) is 36.8 Å². The Balaban J connectivity index is 1.79. The molecule has 0 aliphatic carbocycles. The molecule has 0 aliphatic rings. The number of amides is 3. The van der Waals surface area contributed by atoms with Crippen molar-refractivity contribution in [2.24, 2.45) is 0 Å². The Morgan fingerprint density at radius 2 is 1.43 bits per heavy atom. The Morgan fingerprint density at radius 3 is 2.04 bits per heavy atom. The summed E-state index contributed by atoms with van der Waals surface area (Å²) in [7, 11) is 0. The van der Waals surface area contributed by atoms with Gasteiger partial charge in [0.1, 0.15) is 0 Å². The summed E-state index contributed by atoms with van der Waals surface area (Å²) in [5, 5.41) is 7.63. The van der Waals surface area contributed by atoms with Gasteiger partial charge in [-0.15, -0.1) is 0 Å². The summed E-state index contributed by atoms with van der Waals surface area (Å²) in [6.07, 6.45) is 0. The largest absolute Gasteiger partial charge is 0.462 e. The number of nitrogens with one attached hydrogen (secondary N) is 3. The molecule has 2 aromatic carbocycles. The van der Waals surface area contributed by atoms with Gasteiger partial charge >= 0.3 is 17.8 Å². The van der Waals surface area contributed by atoms with Gasteiger partial charge in [0.05, 0.1) is 18.7 Å². The molecule has 3 amide bonds. The van der Waals surface area contributed by atoms with E-state index >= 15 is 0 Å². The minimum Gasteiger partial charge on any atom is -0.462 e. The van der Waals surface area contributed by atoms with Crippen LogP contribution in [0, 0.1) is 0 Å². The minimum absolute atomic E-state index is 0.266. The number of anilines is 2. The first-order valence-corrected chi connectivity index (χ1v) is 8.68. The smallest absolute Gasteiger partial charge is 0.338 e. The second-order valence-corrected chi connectivity index (χ2v) is 5.93. The van der Waals surface area contributed by atoms with Crippen molar-refractivity contribution in [2.45, 2.75) is 6.92 Å². The van der Waals surface area contributed by atoms with Crippen molar-refractivity contribution in [3.63, 3.8) is 0 Å². The van der Waals surface area contributed by atoms with Crippen LogP contribution in [-0.2, 0) is 19.1 Å². The van der Waals surface area contributed by atoms with Crippen molar-refractivity contribution >= 4 is 46.7 Å². The minimum atomic E-state index is -0.956. The molecule has 0 aromatic heterocycles. The molecule has 28 heavy (non-hydrogen) atoms. The Hall–Kier alpha value is -3.39. The number of rotatable bonds is 6. The number of ether oxygens (including phenoxy) is 1. The van der Waals surface area contributed by atoms with Crippen LogP contribution in [0.15, 0.2) is 48.5 Å². The van der Waals surface area contributed by atoms with Crippen molar-refractivity contribution in [1.82, 2.24) is 5.32 Å². The van der Waals surface area contributed by atoms with Gasteiger partial charge in [-0.05, 0) is 55.5 Å². The van der Waals surface area contributed by atoms with Crippen LogP contribution in [0.2, 0.25) is 5.02 Å². The van der Waals surface area contributed by atoms with Gasteiger partial charge in [-0.25, -0.2) is 4.79 Å². The molecule has 0 aliphatic heterocycles. The first-order valence-electron chi connectivity index (χ1n) is 8.31. The highest BCUT2D eigenvalue weighted by atomic mass is 35.5. The number of esters is 1. The van der Waals surface area contributed by atoms with Crippen LogP contribution in [0.4, 0.5) is 11.4 Å². The lowest BCUT2D eigenvalue weighted by Gasteiger charge is -2.08. The van der Waals surface area contributed by atoms with E-state index in [1.54, 1.807) is 31.2 Å². The molecule has 0 heterocycles. The maximum Gasteiger partial charge on any atom is 0.338 e. The second-order valence-electron chi connectivity index (χ2n) is 5.49. The van der Waals surface area contributed by atoms with Crippen molar-refractivity contribution in [2.75, 3.05) is 23.8 Å². The van der Waals surface area contributed by atoms with Gasteiger partial charge in [-0.2, -0.15) is 0 Å². The fraction of sp³-hybridized carbons (Fsp3) is 0.158. The van der Waals surface area contributed by atoms with E-state index in [0.717, 1.165) is 0 Å². The molecule has 0 radical (unpaired) electrons. The fourth-order valence-corrected chi connectivity index (χ4v) is 2.20. The molecule has 3 N–H and O–H groups in total. The number of carbonyl (C=O) groups excluding carboxylic acids is 4. The van der Waals surface area contributed by atoms with E-state index in [0.29, 0.717) is 22.0 Å². The molecule has 2 rings (SSSR count). The molecule has 8 nitrogen and oxygen atoms in total. The Kier molecular flexibility index (Phi) is 7.53. The van der Waals surface area contributed by atoms with E-state index in [1.807, 2.05) is 0 Å². The topological polar surface area (TPSA) is 114 Å². The first kappa shape index (κ1) is 20.9. The van der Waals surface area contributed by atoms with Crippen molar-refractivity contribution < 1.29 is 23.9 Å². The molecule has 0 fully saturated rings. The quantitative estimate of drug-likeness (QED) is 0.505. The molecule has 0 bridgehead atoms. The van der Waals surface area contributed by atoms with Crippen molar-refractivity contribution in [3.05, 3.63) is 59.1 Å². The van der Waals surface area contributed by atoms with Crippen LogP contribution in [0.3, 0.4) is 0 Å². The lowest BCUT2D eigenvalue weighted by Crippen LogP contribution is -2.39. The lowest BCUT2D eigenvalue weighted by molar-refractivity contribution is -0.136. The molecule has 0 spiro atoms. The summed E-state index contributed by atoms with van der Waals surface area (Å²) in [5.74, 6) is -2.85. The maximum absolute atomic E-state index is 11.9. The van der Waals surface area contributed by atoms with Crippen LogP contribution < -0.4 is 16.0 Å². The van der Waals surface area contributed by atoms with E-state index in [4.69, 9.17) is 16.3 Å². The lowest BCUT2D eigenvalue weighted by atomic mass is 10.2. The average molecular weight is 404 g/mol. The molecule has 0 saturated carbocycles. The number of halogens is 1. The van der Waals surface area contributed by atoms with E-state index < -0.39 is 30.2 Å². The van der Waals surface area contributed by atoms with Gasteiger partial charge in [-0.3, -0.25) is 14.4 Å². The number of carbonyl (C=O) groups is 4. The number of hydrogen-bond donors (Lipinski definition) is 3. The van der Waals surface area contributed by atoms with E-state index in [1.165, 1.54) is 24.3 Å². The van der Waals surface area contributed by atoms with Crippen LogP contribution in [0.5, 0.6) is 0 Å². The summed E-state index contributed by atoms with van der Waals surface area (Å²) in [6.45, 7) is 1.58. The number of hydrogen-bond acceptors (Lipinski definition) is 5.